The van der Waals surface area contributed by atoms with Gasteiger partial charge < -0.3 is 4.57 Å². The van der Waals surface area contributed by atoms with Gasteiger partial charge >= 0.3 is 0 Å². The summed E-state index contributed by atoms with van der Waals surface area (Å²) in [6.07, 6.45) is 4.61. The van der Waals surface area contributed by atoms with E-state index in [2.05, 4.69) is 10.1 Å². The number of imidazole rings is 1. The van der Waals surface area contributed by atoms with Crippen LogP contribution in [-0.2, 0) is 20.0 Å². The number of fused-ring (bicyclic) bond motifs is 1. The normalized spacial score (nSPS) is 13.0. The lowest BCUT2D eigenvalue weighted by Crippen LogP contribution is -2.06. The van der Waals surface area contributed by atoms with Crippen LogP contribution in [0.15, 0.2) is 30.6 Å². The van der Waals surface area contributed by atoms with Crippen LogP contribution >= 0.6 is 11.6 Å². The molecule has 0 aliphatic heterocycles. The molecule has 0 spiro atoms. The van der Waals surface area contributed by atoms with Crippen molar-refractivity contribution < 1.29 is 4.39 Å². The third-order valence-electron chi connectivity index (χ3n) is 3.48. The number of aromatic nitrogens is 4. The zero-order valence-corrected chi connectivity index (χ0v) is 12.7. The number of nitrogens with zero attached hydrogens (tertiary/aromatic N) is 4. The van der Waals surface area contributed by atoms with Gasteiger partial charge in [0.05, 0.1) is 22.6 Å². The summed E-state index contributed by atoms with van der Waals surface area (Å²) in [6.45, 7) is 2.57. The SMILES string of the molecule is CC(Cl)c1nc2ccc(F)cc2n1CCc1cnn(C)c1. The smallest absolute Gasteiger partial charge is 0.127 e. The van der Waals surface area contributed by atoms with E-state index in [0.717, 1.165) is 28.8 Å². The fourth-order valence-electron chi connectivity index (χ4n) is 2.50. The summed E-state index contributed by atoms with van der Waals surface area (Å²) in [5, 5.41) is 3.93. The number of hydrogen-bond acceptors (Lipinski definition) is 2. The van der Waals surface area contributed by atoms with Crippen molar-refractivity contribution in [1.29, 1.82) is 0 Å². The molecule has 1 aromatic carbocycles. The molecule has 0 radical (unpaired) electrons. The van der Waals surface area contributed by atoms with Gasteiger partial charge in [-0.3, -0.25) is 4.68 Å². The largest absolute Gasteiger partial charge is 0.326 e. The van der Waals surface area contributed by atoms with E-state index in [4.69, 9.17) is 11.6 Å². The van der Waals surface area contributed by atoms with Crippen molar-refractivity contribution in [3.63, 3.8) is 0 Å². The van der Waals surface area contributed by atoms with E-state index in [1.807, 2.05) is 30.9 Å². The zero-order valence-electron chi connectivity index (χ0n) is 11.9. The quantitative estimate of drug-likeness (QED) is 0.692. The van der Waals surface area contributed by atoms with Crippen molar-refractivity contribution in [2.45, 2.75) is 25.3 Å². The van der Waals surface area contributed by atoms with Crippen LogP contribution < -0.4 is 0 Å². The molecule has 0 saturated heterocycles. The Morgan fingerprint density at radius 1 is 1.38 bits per heavy atom. The van der Waals surface area contributed by atoms with Gasteiger partial charge in [-0.1, -0.05) is 0 Å². The molecule has 4 nitrogen and oxygen atoms in total. The monoisotopic (exact) mass is 306 g/mol. The number of alkyl halides is 1. The van der Waals surface area contributed by atoms with Gasteiger partial charge in [0.15, 0.2) is 0 Å². The topological polar surface area (TPSA) is 35.6 Å². The predicted molar refractivity (Wildman–Crippen MR) is 80.9 cm³/mol. The highest BCUT2D eigenvalue weighted by molar-refractivity contribution is 6.20. The summed E-state index contributed by atoms with van der Waals surface area (Å²) in [4.78, 5) is 4.51. The molecule has 2 heterocycles. The standard InChI is InChI=1S/C15H16ClFN4/c1-10(16)15-19-13-4-3-12(17)7-14(13)21(15)6-5-11-8-18-20(2)9-11/h3-4,7-10H,5-6H2,1-2H3. The number of hydrogen-bond donors (Lipinski definition) is 0. The molecule has 1 unspecified atom stereocenters. The second-order valence-electron chi connectivity index (χ2n) is 5.14. The van der Waals surface area contributed by atoms with E-state index in [-0.39, 0.29) is 11.2 Å². The van der Waals surface area contributed by atoms with Crippen LogP contribution in [0.1, 0.15) is 23.7 Å². The van der Waals surface area contributed by atoms with Crippen molar-refractivity contribution in [2.75, 3.05) is 0 Å². The molecule has 0 fully saturated rings. The van der Waals surface area contributed by atoms with Gasteiger partial charge in [-0.2, -0.15) is 5.10 Å². The molecular weight excluding hydrogens is 291 g/mol. The molecule has 0 N–H and O–H groups in total. The lowest BCUT2D eigenvalue weighted by atomic mass is 10.2. The molecule has 0 bridgehead atoms. The van der Waals surface area contributed by atoms with Crippen LogP contribution in [0, 0.1) is 5.82 Å². The van der Waals surface area contributed by atoms with Crippen molar-refractivity contribution in [1.82, 2.24) is 19.3 Å². The Balaban J connectivity index is 1.98. The Morgan fingerprint density at radius 2 is 2.19 bits per heavy atom. The highest BCUT2D eigenvalue weighted by Gasteiger charge is 2.15. The lowest BCUT2D eigenvalue weighted by Gasteiger charge is -2.09. The molecule has 3 rings (SSSR count). The van der Waals surface area contributed by atoms with Gasteiger partial charge in [-0.25, -0.2) is 9.37 Å². The fourth-order valence-corrected chi connectivity index (χ4v) is 2.66. The molecule has 6 heteroatoms. The molecule has 0 amide bonds. The van der Waals surface area contributed by atoms with E-state index in [1.165, 1.54) is 12.1 Å². The third kappa shape index (κ3) is 2.78. The van der Waals surface area contributed by atoms with Crippen LogP contribution in [0.5, 0.6) is 0 Å². The maximum Gasteiger partial charge on any atom is 0.127 e. The zero-order chi connectivity index (χ0) is 15.0. The van der Waals surface area contributed by atoms with E-state index >= 15 is 0 Å². The highest BCUT2D eigenvalue weighted by atomic mass is 35.5. The first-order valence-corrected chi connectivity index (χ1v) is 7.25. The number of halogens is 2. The number of aryl methyl sites for hydroxylation is 3. The predicted octanol–water partition coefficient (Wildman–Crippen LogP) is 3.45. The minimum atomic E-state index is -0.265. The number of benzene rings is 1. The molecule has 0 saturated carbocycles. The fraction of sp³-hybridized carbons (Fsp3) is 0.333. The van der Waals surface area contributed by atoms with Gasteiger partial charge in [-0.15, -0.1) is 11.6 Å². The van der Waals surface area contributed by atoms with Gasteiger partial charge in [0.1, 0.15) is 11.6 Å². The average Bonchev–Trinajstić information content (AvgIpc) is 3.00. The molecular formula is C15H16ClFN4. The second-order valence-corrected chi connectivity index (χ2v) is 5.80. The molecule has 21 heavy (non-hydrogen) atoms. The Morgan fingerprint density at radius 3 is 2.86 bits per heavy atom. The van der Waals surface area contributed by atoms with E-state index in [1.54, 1.807) is 10.7 Å². The van der Waals surface area contributed by atoms with Crippen molar-refractivity contribution in [2.24, 2.45) is 7.05 Å². The van der Waals surface area contributed by atoms with Crippen molar-refractivity contribution in [3.8, 4) is 0 Å². The van der Waals surface area contributed by atoms with Crippen LogP contribution in [0.2, 0.25) is 0 Å². The summed E-state index contributed by atoms with van der Waals surface area (Å²) in [7, 11) is 1.89. The highest BCUT2D eigenvalue weighted by Crippen LogP contribution is 2.25. The van der Waals surface area contributed by atoms with Gasteiger partial charge in [0, 0.05) is 19.8 Å². The first kappa shape index (κ1) is 14.1. The Kier molecular flexibility index (Phi) is 3.68. The maximum atomic E-state index is 13.5. The minimum absolute atomic E-state index is 0.227. The average molecular weight is 307 g/mol. The molecule has 1 atom stereocenters. The summed E-state index contributed by atoms with van der Waals surface area (Å²) in [5.74, 6) is 0.500. The second kappa shape index (κ2) is 5.48. The number of rotatable bonds is 4. The molecule has 0 aliphatic carbocycles. The van der Waals surface area contributed by atoms with Gasteiger partial charge in [-0.05, 0) is 37.1 Å². The van der Waals surface area contributed by atoms with Crippen LogP contribution in [-0.4, -0.2) is 19.3 Å². The summed E-state index contributed by atoms with van der Waals surface area (Å²) in [6, 6.07) is 4.62. The third-order valence-corrected chi connectivity index (χ3v) is 3.67. The maximum absolute atomic E-state index is 13.5. The van der Waals surface area contributed by atoms with Gasteiger partial charge in [0.2, 0.25) is 0 Å². The summed E-state index contributed by atoms with van der Waals surface area (Å²) >= 11 is 6.21. The van der Waals surface area contributed by atoms with Crippen molar-refractivity contribution >= 4 is 22.6 Å². The molecule has 110 valence electrons. The van der Waals surface area contributed by atoms with E-state index in [0.29, 0.717) is 6.54 Å². The summed E-state index contributed by atoms with van der Waals surface area (Å²) < 4.78 is 17.3. The first-order valence-electron chi connectivity index (χ1n) is 6.82. The van der Waals surface area contributed by atoms with Crippen LogP contribution in [0.25, 0.3) is 11.0 Å². The van der Waals surface area contributed by atoms with Gasteiger partial charge in [0.25, 0.3) is 0 Å². The summed E-state index contributed by atoms with van der Waals surface area (Å²) in [5.41, 5.74) is 2.68. The Hall–Kier alpha value is -1.88. The molecule has 2 aromatic heterocycles. The van der Waals surface area contributed by atoms with E-state index in [9.17, 15) is 4.39 Å². The van der Waals surface area contributed by atoms with Crippen molar-refractivity contribution in [3.05, 3.63) is 47.8 Å². The first-order chi connectivity index (χ1) is 10.0. The lowest BCUT2D eigenvalue weighted by molar-refractivity contribution is 0.625. The molecule has 3 aromatic rings. The van der Waals surface area contributed by atoms with Crippen LogP contribution in [0.3, 0.4) is 0 Å². The molecule has 0 aliphatic rings. The Bertz CT molecular complexity index is 775. The Labute approximate surface area is 127 Å². The van der Waals surface area contributed by atoms with Crippen LogP contribution in [0.4, 0.5) is 4.39 Å². The minimum Gasteiger partial charge on any atom is -0.326 e. The van der Waals surface area contributed by atoms with E-state index < -0.39 is 0 Å².